The van der Waals surface area contributed by atoms with E-state index >= 15 is 0 Å². The van der Waals surface area contributed by atoms with Gasteiger partial charge in [-0.2, -0.15) is 10.2 Å². The molecule has 1 N–H and O–H groups in total. The van der Waals surface area contributed by atoms with E-state index in [9.17, 15) is 14.4 Å². The molecule has 9 rings (SSSR count). The molecular weight excluding hydrogens is 632 g/mol. The number of morpholine rings is 1. The van der Waals surface area contributed by atoms with E-state index in [1.165, 1.54) is 0 Å². The predicted octanol–water partition coefficient (Wildman–Crippen LogP) is 3.69. The Bertz CT molecular complexity index is 1930. The second-order valence-electron chi connectivity index (χ2n) is 13.9. The number of hydrogen-bond donors (Lipinski definition) is 1. The van der Waals surface area contributed by atoms with Gasteiger partial charge in [-0.3, -0.25) is 28.9 Å². The molecular formula is C38H42N8O4. The SMILES string of the molecule is C=C(CN1CC2CC(C1)O2)C(=O)N(C)Cc1cccc([C@@H]2c3cnn(-c4ccccc4)c3N(CC)C(=O)[C@H]2NC(=O)c2ccn(C3CC3)n2)c1. The highest BCUT2D eigenvalue weighted by molar-refractivity contribution is 6.04. The first-order valence-corrected chi connectivity index (χ1v) is 17.5. The highest BCUT2D eigenvalue weighted by Gasteiger charge is 2.45. The molecule has 1 aliphatic carbocycles. The van der Waals surface area contributed by atoms with Crippen LogP contribution in [0.5, 0.6) is 0 Å². The molecule has 4 aromatic rings. The Labute approximate surface area is 291 Å². The van der Waals surface area contributed by atoms with Crippen LogP contribution in [0.4, 0.5) is 5.82 Å². The molecule has 0 spiro atoms. The number of carbonyl (C=O) groups is 3. The number of carbonyl (C=O) groups excluding carboxylic acids is 3. The molecule has 2 bridgehead atoms. The zero-order chi connectivity index (χ0) is 34.5. The molecule has 2 unspecified atom stereocenters. The monoisotopic (exact) mass is 674 g/mol. The highest BCUT2D eigenvalue weighted by Crippen LogP contribution is 2.42. The lowest BCUT2D eigenvalue weighted by Crippen LogP contribution is -2.57. The van der Waals surface area contributed by atoms with Gasteiger partial charge in [0, 0.05) is 69.4 Å². The zero-order valence-electron chi connectivity index (χ0n) is 28.4. The largest absolute Gasteiger partial charge is 0.372 e. The molecule has 3 saturated heterocycles. The van der Waals surface area contributed by atoms with Crippen LogP contribution < -0.4 is 10.2 Å². The Morgan fingerprint density at radius 1 is 1.06 bits per heavy atom. The fraction of sp³-hybridized carbons (Fsp3) is 0.395. The number of fused-ring (bicyclic) bond motifs is 3. The van der Waals surface area contributed by atoms with Crippen molar-refractivity contribution in [2.45, 2.75) is 62.9 Å². The van der Waals surface area contributed by atoms with Gasteiger partial charge < -0.3 is 15.0 Å². The van der Waals surface area contributed by atoms with Crippen molar-refractivity contribution in [3.05, 3.63) is 108 Å². The number of benzene rings is 2. The van der Waals surface area contributed by atoms with Crippen LogP contribution >= 0.6 is 0 Å². The van der Waals surface area contributed by atoms with E-state index in [2.05, 4.69) is 21.9 Å². The number of rotatable bonds is 11. The quantitative estimate of drug-likeness (QED) is 0.241. The number of aromatic nitrogens is 4. The van der Waals surface area contributed by atoms with Gasteiger partial charge in [-0.1, -0.05) is 49.0 Å². The Balaban J connectivity index is 1.09. The van der Waals surface area contributed by atoms with Gasteiger partial charge in [0.25, 0.3) is 17.7 Å². The minimum absolute atomic E-state index is 0.107. The van der Waals surface area contributed by atoms with Crippen molar-refractivity contribution in [2.75, 3.05) is 38.1 Å². The summed E-state index contributed by atoms with van der Waals surface area (Å²) in [6, 6.07) is 18.7. The third kappa shape index (κ3) is 6.02. The summed E-state index contributed by atoms with van der Waals surface area (Å²) in [6.45, 7) is 8.96. The van der Waals surface area contributed by atoms with E-state index in [1.54, 1.807) is 33.8 Å². The van der Waals surface area contributed by atoms with E-state index in [4.69, 9.17) is 9.84 Å². The first-order valence-electron chi connectivity index (χ1n) is 17.5. The molecule has 5 aliphatic rings. The van der Waals surface area contributed by atoms with Crippen molar-refractivity contribution in [3.63, 3.8) is 0 Å². The number of para-hydroxylation sites is 1. The average Bonchev–Trinajstić information content (AvgIpc) is 3.68. The Kier molecular flexibility index (Phi) is 8.36. The van der Waals surface area contributed by atoms with Crippen LogP contribution in [0.1, 0.15) is 65.3 Å². The van der Waals surface area contributed by atoms with Crippen molar-refractivity contribution < 1.29 is 19.1 Å². The van der Waals surface area contributed by atoms with E-state index in [0.717, 1.165) is 54.7 Å². The van der Waals surface area contributed by atoms with Crippen molar-refractivity contribution in [2.24, 2.45) is 0 Å². The van der Waals surface area contributed by atoms with Crippen LogP contribution in [0.2, 0.25) is 0 Å². The van der Waals surface area contributed by atoms with Crippen LogP contribution in [0.25, 0.3) is 5.69 Å². The molecule has 12 nitrogen and oxygen atoms in total. The maximum atomic E-state index is 14.5. The van der Waals surface area contributed by atoms with Gasteiger partial charge in [-0.25, -0.2) is 4.68 Å². The second-order valence-corrected chi connectivity index (χ2v) is 13.9. The average molecular weight is 675 g/mol. The lowest BCUT2D eigenvalue weighted by atomic mass is 9.82. The van der Waals surface area contributed by atoms with Crippen molar-refractivity contribution >= 4 is 23.5 Å². The lowest BCUT2D eigenvalue weighted by molar-refractivity contribution is -0.179. The minimum Gasteiger partial charge on any atom is -0.372 e. The molecule has 4 aliphatic heterocycles. The first kappa shape index (κ1) is 32.2. The summed E-state index contributed by atoms with van der Waals surface area (Å²) >= 11 is 0. The van der Waals surface area contributed by atoms with Gasteiger partial charge in [-0.05, 0) is 49.1 Å². The molecule has 0 radical (unpaired) electrons. The third-order valence-corrected chi connectivity index (χ3v) is 10.2. The fourth-order valence-corrected chi connectivity index (χ4v) is 7.64. The number of nitrogens with one attached hydrogen (secondary N) is 1. The summed E-state index contributed by atoms with van der Waals surface area (Å²) in [5, 5.41) is 12.3. The summed E-state index contributed by atoms with van der Waals surface area (Å²) in [7, 11) is 1.78. The highest BCUT2D eigenvalue weighted by atomic mass is 16.5. The lowest BCUT2D eigenvalue weighted by Gasteiger charge is -2.47. The molecule has 3 amide bonds. The van der Waals surface area contributed by atoms with Gasteiger partial charge >= 0.3 is 0 Å². The zero-order valence-corrected chi connectivity index (χ0v) is 28.4. The fourth-order valence-electron chi connectivity index (χ4n) is 7.64. The molecule has 258 valence electrons. The number of piperidine rings is 1. The summed E-state index contributed by atoms with van der Waals surface area (Å²) in [6.07, 6.45) is 7.35. The second kappa shape index (κ2) is 13.0. The van der Waals surface area contributed by atoms with Crippen LogP contribution in [-0.4, -0.2) is 98.6 Å². The Morgan fingerprint density at radius 2 is 1.82 bits per heavy atom. The van der Waals surface area contributed by atoms with E-state index in [-0.39, 0.29) is 29.7 Å². The molecule has 2 aromatic heterocycles. The minimum atomic E-state index is -0.913. The van der Waals surface area contributed by atoms with Crippen molar-refractivity contribution in [1.29, 1.82) is 0 Å². The maximum absolute atomic E-state index is 14.5. The normalized spacial score (nSPS) is 22.8. The third-order valence-electron chi connectivity index (χ3n) is 10.2. The molecule has 2 aromatic carbocycles. The molecule has 4 atom stereocenters. The number of ether oxygens (including phenoxy) is 1. The number of nitrogens with zero attached hydrogens (tertiary/aromatic N) is 7. The van der Waals surface area contributed by atoms with E-state index in [0.29, 0.717) is 37.1 Å². The van der Waals surface area contributed by atoms with Gasteiger partial charge in [0.15, 0.2) is 0 Å². The van der Waals surface area contributed by atoms with Gasteiger partial charge in [0.2, 0.25) is 0 Å². The topological polar surface area (TPSA) is 118 Å². The maximum Gasteiger partial charge on any atom is 0.272 e. The molecule has 1 saturated carbocycles. The van der Waals surface area contributed by atoms with E-state index in [1.807, 2.05) is 72.4 Å². The van der Waals surface area contributed by atoms with Crippen LogP contribution in [-0.2, 0) is 20.9 Å². The summed E-state index contributed by atoms with van der Waals surface area (Å²) < 4.78 is 9.36. The van der Waals surface area contributed by atoms with Gasteiger partial charge in [0.05, 0.1) is 30.1 Å². The van der Waals surface area contributed by atoms with Gasteiger partial charge in [-0.15, -0.1) is 0 Å². The molecule has 6 heterocycles. The number of hydrogen-bond acceptors (Lipinski definition) is 7. The summed E-state index contributed by atoms with van der Waals surface area (Å²) in [5.41, 5.74) is 4.21. The molecule has 12 heteroatoms. The van der Waals surface area contributed by atoms with Crippen LogP contribution in [0.3, 0.4) is 0 Å². The first-order chi connectivity index (χ1) is 24.3. The summed E-state index contributed by atoms with van der Waals surface area (Å²) in [5.74, 6) is -0.611. The number of anilines is 1. The summed E-state index contributed by atoms with van der Waals surface area (Å²) in [4.78, 5) is 47.2. The number of likely N-dealkylation sites (N-methyl/N-ethyl adjacent to an activating group) is 2. The van der Waals surface area contributed by atoms with Crippen molar-refractivity contribution in [1.82, 2.24) is 34.7 Å². The molecule has 50 heavy (non-hydrogen) atoms. The number of amides is 3. The molecule has 4 fully saturated rings. The Morgan fingerprint density at radius 3 is 2.54 bits per heavy atom. The van der Waals surface area contributed by atoms with Gasteiger partial charge in [0.1, 0.15) is 17.6 Å². The van der Waals surface area contributed by atoms with Crippen LogP contribution in [0.15, 0.2) is 85.2 Å². The van der Waals surface area contributed by atoms with E-state index < -0.39 is 17.9 Å². The smallest absolute Gasteiger partial charge is 0.272 e. The Hall–Kier alpha value is -5.07. The standard InChI is InChI=1S/C38H42N8O4/c1-4-44-36-31(19-39-46(36)28-11-6-5-7-12-28)33(34(38(44)49)40-35(47)32-15-16-45(41-32)27-13-14-27)26-10-8-9-25(17-26)21-42(3)37(48)24(2)20-43-22-29-18-30(23-43)50-29/h5-12,15-17,19,27,29-30,33-34H,2,4,13-14,18,20-23H2,1,3H3,(H,40,47)/t29?,30?,33-,34+/m1/s1. The van der Waals surface area contributed by atoms with Crippen molar-refractivity contribution in [3.8, 4) is 5.69 Å². The van der Waals surface area contributed by atoms with Crippen LogP contribution in [0, 0.1) is 0 Å². The predicted molar refractivity (Wildman–Crippen MR) is 187 cm³/mol.